The van der Waals surface area contributed by atoms with Gasteiger partial charge in [-0.15, -0.1) is 0 Å². The van der Waals surface area contributed by atoms with Gasteiger partial charge in [0.25, 0.3) is 0 Å². The van der Waals surface area contributed by atoms with E-state index < -0.39 is 24.5 Å². The molecule has 0 aliphatic rings. The maximum Gasteiger partial charge on any atom is 0.330 e. The molecule has 0 saturated carbocycles. The van der Waals surface area contributed by atoms with Gasteiger partial charge in [0.2, 0.25) is 0 Å². The molecule has 0 bridgehead atoms. The topological polar surface area (TPSA) is 45.0 Å². The van der Waals surface area contributed by atoms with Crippen LogP contribution in [0.25, 0.3) is 0 Å². The standard InChI is InChI=1S/C12H20F4N2O/c1-3-11(8-17,18-4-2)6-5-7-19-9-12(15,16)10(13)14/h10,18H,3-7,9H2,1-2H3. The number of rotatable bonds is 10. The highest BCUT2D eigenvalue weighted by atomic mass is 19.3. The van der Waals surface area contributed by atoms with Gasteiger partial charge in [-0.2, -0.15) is 14.0 Å². The minimum absolute atomic E-state index is 0.0723. The van der Waals surface area contributed by atoms with Crippen molar-refractivity contribution in [2.75, 3.05) is 19.8 Å². The fraction of sp³-hybridized carbons (Fsp3) is 0.917. The highest BCUT2D eigenvalue weighted by Gasteiger charge is 2.40. The van der Waals surface area contributed by atoms with E-state index in [4.69, 9.17) is 5.26 Å². The molecule has 0 rings (SSSR count). The molecule has 1 unspecified atom stereocenters. The van der Waals surface area contributed by atoms with Crippen molar-refractivity contribution in [3.8, 4) is 6.07 Å². The molecule has 3 nitrogen and oxygen atoms in total. The Labute approximate surface area is 110 Å². The molecular weight excluding hydrogens is 264 g/mol. The zero-order chi connectivity index (χ0) is 14.9. The molecule has 19 heavy (non-hydrogen) atoms. The van der Waals surface area contributed by atoms with E-state index in [1.165, 1.54) is 0 Å². The molecule has 0 aromatic rings. The quantitative estimate of drug-likeness (QED) is 0.495. The molecule has 112 valence electrons. The number of alkyl halides is 4. The normalized spacial score (nSPS) is 15.3. The zero-order valence-electron chi connectivity index (χ0n) is 11.2. The monoisotopic (exact) mass is 284 g/mol. The van der Waals surface area contributed by atoms with Crippen molar-refractivity contribution < 1.29 is 22.3 Å². The molecule has 0 aliphatic heterocycles. The van der Waals surface area contributed by atoms with Gasteiger partial charge in [-0.1, -0.05) is 13.8 Å². The van der Waals surface area contributed by atoms with Crippen molar-refractivity contribution in [3.05, 3.63) is 0 Å². The third-order valence-electron chi connectivity index (χ3n) is 2.84. The molecule has 7 heteroatoms. The van der Waals surface area contributed by atoms with Gasteiger partial charge in [-0.25, -0.2) is 8.78 Å². The SMILES string of the molecule is CCNC(C#N)(CC)CCCOCC(F)(F)C(F)F. The molecule has 0 aliphatic carbocycles. The second-order valence-corrected chi connectivity index (χ2v) is 4.30. The van der Waals surface area contributed by atoms with Crippen LogP contribution in [0.15, 0.2) is 0 Å². The lowest BCUT2D eigenvalue weighted by atomic mass is 9.92. The Morgan fingerprint density at radius 2 is 1.95 bits per heavy atom. The molecule has 0 saturated heterocycles. The van der Waals surface area contributed by atoms with Gasteiger partial charge in [0.05, 0.1) is 6.07 Å². The number of nitriles is 1. The van der Waals surface area contributed by atoms with Crippen LogP contribution in [0.4, 0.5) is 17.6 Å². The highest BCUT2D eigenvalue weighted by Crippen LogP contribution is 2.23. The summed E-state index contributed by atoms with van der Waals surface area (Å²) < 4.78 is 53.3. The molecule has 0 fully saturated rings. The Morgan fingerprint density at radius 1 is 1.32 bits per heavy atom. The number of halogens is 4. The summed E-state index contributed by atoms with van der Waals surface area (Å²) in [5.41, 5.74) is -0.705. The predicted octanol–water partition coefficient (Wildman–Crippen LogP) is 2.97. The minimum atomic E-state index is -4.11. The van der Waals surface area contributed by atoms with Gasteiger partial charge in [-0.05, 0) is 25.8 Å². The number of hydrogen-bond acceptors (Lipinski definition) is 3. The fourth-order valence-corrected chi connectivity index (χ4v) is 1.65. The zero-order valence-corrected chi connectivity index (χ0v) is 11.2. The molecule has 0 heterocycles. The molecule has 1 N–H and O–H groups in total. The van der Waals surface area contributed by atoms with Gasteiger partial charge in [0, 0.05) is 6.61 Å². The predicted molar refractivity (Wildman–Crippen MR) is 63.3 cm³/mol. The van der Waals surface area contributed by atoms with E-state index in [1.807, 2.05) is 13.8 Å². The van der Waals surface area contributed by atoms with E-state index in [0.717, 1.165) is 0 Å². The van der Waals surface area contributed by atoms with E-state index >= 15 is 0 Å². The fourth-order valence-electron chi connectivity index (χ4n) is 1.65. The van der Waals surface area contributed by atoms with E-state index in [1.54, 1.807) is 0 Å². The maximum absolute atomic E-state index is 12.5. The summed E-state index contributed by atoms with van der Waals surface area (Å²) >= 11 is 0. The van der Waals surface area contributed by atoms with Crippen LogP contribution >= 0.6 is 0 Å². The first-order valence-corrected chi connectivity index (χ1v) is 6.23. The minimum Gasteiger partial charge on any atom is -0.375 e. The summed E-state index contributed by atoms with van der Waals surface area (Å²) in [5, 5.41) is 12.1. The Bertz CT molecular complexity index is 294. The molecule has 1 atom stereocenters. The largest absolute Gasteiger partial charge is 0.375 e. The van der Waals surface area contributed by atoms with Crippen molar-refractivity contribution in [1.82, 2.24) is 5.32 Å². The lowest BCUT2D eigenvalue weighted by Gasteiger charge is -2.26. The molecular formula is C12H20F4N2O. The Balaban J connectivity index is 4.00. The third-order valence-corrected chi connectivity index (χ3v) is 2.84. The van der Waals surface area contributed by atoms with E-state index in [9.17, 15) is 17.6 Å². The van der Waals surface area contributed by atoms with Crippen LogP contribution in [-0.2, 0) is 4.74 Å². The van der Waals surface area contributed by atoms with E-state index in [2.05, 4.69) is 16.1 Å². The Kier molecular flexibility index (Phi) is 7.95. The second-order valence-electron chi connectivity index (χ2n) is 4.30. The van der Waals surface area contributed by atoms with Crippen molar-refractivity contribution in [2.45, 2.75) is 51.0 Å². The van der Waals surface area contributed by atoms with Gasteiger partial charge in [-0.3, -0.25) is 5.32 Å². The van der Waals surface area contributed by atoms with Crippen LogP contribution in [0.1, 0.15) is 33.1 Å². The average molecular weight is 284 g/mol. The van der Waals surface area contributed by atoms with Crippen LogP contribution < -0.4 is 5.32 Å². The van der Waals surface area contributed by atoms with Crippen molar-refractivity contribution >= 4 is 0 Å². The summed E-state index contributed by atoms with van der Waals surface area (Å²) in [6, 6.07) is 2.16. The summed E-state index contributed by atoms with van der Waals surface area (Å²) in [7, 11) is 0. The summed E-state index contributed by atoms with van der Waals surface area (Å²) in [5.74, 6) is -4.11. The summed E-state index contributed by atoms with van der Waals surface area (Å²) in [4.78, 5) is 0. The van der Waals surface area contributed by atoms with Crippen molar-refractivity contribution in [1.29, 1.82) is 5.26 Å². The molecule has 0 radical (unpaired) electrons. The van der Waals surface area contributed by atoms with Crippen LogP contribution in [0.5, 0.6) is 0 Å². The third kappa shape index (κ3) is 6.21. The second kappa shape index (κ2) is 8.33. The number of ether oxygens (including phenoxy) is 1. The van der Waals surface area contributed by atoms with Crippen molar-refractivity contribution in [3.63, 3.8) is 0 Å². The highest BCUT2D eigenvalue weighted by molar-refractivity contribution is 5.05. The first kappa shape index (κ1) is 18.1. The van der Waals surface area contributed by atoms with E-state index in [-0.39, 0.29) is 6.61 Å². The molecule has 0 aromatic carbocycles. The molecule has 0 spiro atoms. The lowest BCUT2D eigenvalue weighted by molar-refractivity contribution is -0.166. The van der Waals surface area contributed by atoms with Gasteiger partial charge in [0.1, 0.15) is 12.1 Å². The van der Waals surface area contributed by atoms with Crippen LogP contribution in [0, 0.1) is 11.3 Å². The number of nitrogens with one attached hydrogen (secondary N) is 1. The lowest BCUT2D eigenvalue weighted by Crippen LogP contribution is -2.43. The molecule has 0 aromatic heterocycles. The first-order chi connectivity index (χ1) is 8.83. The van der Waals surface area contributed by atoms with Gasteiger partial charge in [0.15, 0.2) is 0 Å². The number of hydrogen-bond donors (Lipinski definition) is 1. The smallest absolute Gasteiger partial charge is 0.330 e. The summed E-state index contributed by atoms with van der Waals surface area (Å²) in [6.07, 6.45) is -2.37. The van der Waals surface area contributed by atoms with Crippen LogP contribution in [0.2, 0.25) is 0 Å². The van der Waals surface area contributed by atoms with Crippen molar-refractivity contribution in [2.24, 2.45) is 0 Å². The van der Waals surface area contributed by atoms with Crippen LogP contribution in [-0.4, -0.2) is 37.6 Å². The maximum atomic E-state index is 12.5. The Hall–Kier alpha value is -0.870. The Morgan fingerprint density at radius 3 is 2.37 bits per heavy atom. The number of nitrogens with zero attached hydrogens (tertiary/aromatic N) is 1. The van der Waals surface area contributed by atoms with Gasteiger partial charge < -0.3 is 4.74 Å². The first-order valence-electron chi connectivity index (χ1n) is 6.23. The average Bonchev–Trinajstić information content (AvgIpc) is 2.36. The van der Waals surface area contributed by atoms with E-state index in [0.29, 0.717) is 25.8 Å². The van der Waals surface area contributed by atoms with Gasteiger partial charge >= 0.3 is 12.3 Å². The molecule has 0 amide bonds. The van der Waals surface area contributed by atoms with Crippen LogP contribution in [0.3, 0.4) is 0 Å². The summed E-state index contributed by atoms with van der Waals surface area (Å²) in [6.45, 7) is 2.96.